The molecule has 1 aromatic carbocycles. The maximum absolute atomic E-state index is 12.9. The number of halogens is 2. The first-order valence-corrected chi connectivity index (χ1v) is 4.85. The first-order chi connectivity index (χ1) is 6.77. The van der Waals surface area contributed by atoms with Crippen molar-refractivity contribution >= 4 is 15.9 Å². The van der Waals surface area contributed by atoms with Gasteiger partial charge in [-0.15, -0.1) is 23.8 Å². The third-order valence-electron chi connectivity index (χ3n) is 1.79. The average molecular weight is 357 g/mol. The molecule has 0 atom stereocenters. The molecular weight excluding hydrogens is 351 g/mol. The normalized spacial score (nSPS) is 9.47. The van der Waals surface area contributed by atoms with E-state index in [0.29, 0.717) is 4.47 Å². The Morgan fingerprint density at radius 1 is 1.33 bits per heavy atom. The van der Waals surface area contributed by atoms with E-state index < -0.39 is 0 Å². The third kappa shape index (κ3) is 2.95. The largest absolute Gasteiger partial charge is 0.305 e. The van der Waals surface area contributed by atoms with Gasteiger partial charge in [-0.1, -0.05) is 28.1 Å². The van der Waals surface area contributed by atoms with Crippen LogP contribution >= 0.6 is 15.9 Å². The Kier molecular flexibility index (Phi) is 4.59. The molecule has 0 unspecified atom stereocenters. The van der Waals surface area contributed by atoms with Gasteiger partial charge in [-0.3, -0.25) is 4.39 Å². The van der Waals surface area contributed by atoms with Gasteiger partial charge in [0.2, 0.25) is 0 Å². The van der Waals surface area contributed by atoms with Crippen molar-refractivity contribution in [2.24, 2.45) is 0 Å². The molecule has 0 spiro atoms. The van der Waals surface area contributed by atoms with E-state index in [-0.39, 0.29) is 26.2 Å². The summed E-state index contributed by atoms with van der Waals surface area (Å²) in [6.45, 7) is 0. The van der Waals surface area contributed by atoms with Crippen molar-refractivity contribution in [1.82, 2.24) is 4.98 Å². The molecule has 1 aromatic heterocycles. The molecule has 0 saturated carbocycles. The quantitative estimate of drug-likeness (QED) is 0.563. The summed E-state index contributed by atoms with van der Waals surface area (Å²) in [5.41, 5.74) is 1.56. The van der Waals surface area contributed by atoms with Crippen molar-refractivity contribution in [3.05, 3.63) is 52.9 Å². The van der Waals surface area contributed by atoms with Crippen LogP contribution in [0.1, 0.15) is 0 Å². The van der Waals surface area contributed by atoms with E-state index in [0.717, 1.165) is 11.3 Å². The summed E-state index contributed by atoms with van der Waals surface area (Å²) >= 11 is 3.12. The molecular formula is C11H6BrFNPd-. The Morgan fingerprint density at radius 2 is 2.13 bits per heavy atom. The maximum atomic E-state index is 12.9. The van der Waals surface area contributed by atoms with Crippen LogP contribution < -0.4 is 0 Å². The molecule has 1 nitrogen and oxygen atoms in total. The van der Waals surface area contributed by atoms with Crippen molar-refractivity contribution in [3.8, 4) is 11.3 Å². The van der Waals surface area contributed by atoms with E-state index in [1.807, 2.05) is 18.2 Å². The summed E-state index contributed by atoms with van der Waals surface area (Å²) in [4.78, 5) is 4.15. The molecule has 0 aliphatic heterocycles. The molecule has 2 rings (SSSR count). The molecule has 2 aromatic rings. The van der Waals surface area contributed by atoms with Crippen LogP contribution in [0.4, 0.5) is 4.39 Å². The number of hydrogen-bond donors (Lipinski definition) is 0. The standard InChI is InChI=1S/C11H6BrFN.Pd/c12-9-7-8(4-5-10(9)13)11-3-1-2-6-14-11;/h1-3,5-7H;/q-1;. The Morgan fingerprint density at radius 3 is 2.73 bits per heavy atom. The van der Waals surface area contributed by atoms with Crippen LogP contribution in [0, 0.1) is 11.9 Å². The third-order valence-corrected chi connectivity index (χ3v) is 2.40. The monoisotopic (exact) mass is 356 g/mol. The minimum atomic E-state index is -0.315. The first kappa shape index (κ1) is 12.5. The smallest absolute Gasteiger partial charge is 0.0518 e. The van der Waals surface area contributed by atoms with Crippen LogP contribution in [0.2, 0.25) is 0 Å². The van der Waals surface area contributed by atoms with Crippen LogP contribution in [0.25, 0.3) is 11.3 Å². The number of aromatic nitrogens is 1. The van der Waals surface area contributed by atoms with Crippen molar-refractivity contribution in [2.45, 2.75) is 0 Å². The van der Waals surface area contributed by atoms with Crippen LogP contribution in [0.15, 0.2) is 41.0 Å². The fourth-order valence-corrected chi connectivity index (χ4v) is 1.46. The Balaban J connectivity index is 0.00000112. The van der Waals surface area contributed by atoms with Crippen LogP contribution in [0.5, 0.6) is 0 Å². The van der Waals surface area contributed by atoms with Gasteiger partial charge in [-0.05, 0) is 16.2 Å². The average Bonchev–Trinajstić information content (AvgIpc) is 2.23. The van der Waals surface area contributed by atoms with Gasteiger partial charge < -0.3 is 4.98 Å². The molecule has 0 aliphatic rings. The van der Waals surface area contributed by atoms with E-state index in [2.05, 4.69) is 27.0 Å². The summed E-state index contributed by atoms with van der Waals surface area (Å²) in [6, 6.07) is 11.4. The Labute approximate surface area is 110 Å². The van der Waals surface area contributed by atoms with E-state index in [9.17, 15) is 4.39 Å². The second-order valence-corrected chi connectivity index (χ2v) is 3.61. The zero-order valence-corrected chi connectivity index (χ0v) is 10.6. The van der Waals surface area contributed by atoms with Gasteiger partial charge in [0.15, 0.2) is 0 Å². The predicted octanol–water partition coefficient (Wildman–Crippen LogP) is 3.45. The molecule has 0 N–H and O–H groups in total. The first-order valence-electron chi connectivity index (χ1n) is 4.05. The molecule has 1 heterocycles. The van der Waals surface area contributed by atoms with Crippen molar-refractivity contribution < 1.29 is 24.8 Å². The van der Waals surface area contributed by atoms with Crippen LogP contribution in [-0.2, 0) is 20.4 Å². The molecule has 15 heavy (non-hydrogen) atoms. The molecule has 0 bridgehead atoms. The second kappa shape index (κ2) is 5.51. The van der Waals surface area contributed by atoms with E-state index in [1.54, 1.807) is 12.3 Å². The number of benzene rings is 1. The molecule has 4 heteroatoms. The maximum Gasteiger partial charge on any atom is 0.0518 e. The van der Waals surface area contributed by atoms with Gasteiger partial charge in [-0.25, -0.2) is 0 Å². The molecule has 0 fully saturated rings. The summed E-state index contributed by atoms with van der Waals surface area (Å²) < 4.78 is 13.3. The number of nitrogens with zero attached hydrogens (tertiary/aromatic N) is 1. The molecule has 0 amide bonds. The zero-order valence-electron chi connectivity index (χ0n) is 7.48. The van der Waals surface area contributed by atoms with Gasteiger partial charge >= 0.3 is 0 Å². The van der Waals surface area contributed by atoms with Crippen LogP contribution in [0.3, 0.4) is 0 Å². The molecule has 0 aliphatic carbocycles. The van der Waals surface area contributed by atoms with Crippen molar-refractivity contribution in [1.29, 1.82) is 0 Å². The number of rotatable bonds is 1. The predicted molar refractivity (Wildman–Crippen MR) is 56.2 cm³/mol. The van der Waals surface area contributed by atoms with Gasteiger partial charge in [0.05, 0.1) is 5.82 Å². The second-order valence-electron chi connectivity index (χ2n) is 2.76. The summed E-state index contributed by atoms with van der Waals surface area (Å²) in [5.74, 6) is -0.315. The van der Waals surface area contributed by atoms with E-state index in [1.165, 1.54) is 6.07 Å². The summed E-state index contributed by atoms with van der Waals surface area (Å²) in [7, 11) is 0. The molecule has 80 valence electrons. The van der Waals surface area contributed by atoms with Crippen molar-refractivity contribution in [3.63, 3.8) is 0 Å². The summed E-state index contributed by atoms with van der Waals surface area (Å²) in [5, 5.41) is 0. The van der Waals surface area contributed by atoms with Gasteiger partial charge in [0.25, 0.3) is 0 Å². The van der Waals surface area contributed by atoms with E-state index >= 15 is 0 Å². The van der Waals surface area contributed by atoms with Gasteiger partial charge in [-0.2, -0.15) is 0 Å². The fourth-order valence-electron chi connectivity index (χ4n) is 1.12. The van der Waals surface area contributed by atoms with Gasteiger partial charge in [0, 0.05) is 26.6 Å². The summed E-state index contributed by atoms with van der Waals surface area (Å²) in [6.07, 6.45) is 1.69. The zero-order chi connectivity index (χ0) is 9.97. The van der Waals surface area contributed by atoms with Gasteiger partial charge in [0.1, 0.15) is 0 Å². The number of pyridine rings is 1. The Hall–Kier alpha value is -0.558. The van der Waals surface area contributed by atoms with Crippen molar-refractivity contribution in [2.75, 3.05) is 0 Å². The number of hydrogen-bond acceptors (Lipinski definition) is 1. The molecule has 0 saturated heterocycles. The SMILES string of the molecule is Fc1c[c-]c(-c2ccccn2)cc1Br.[Pd]. The van der Waals surface area contributed by atoms with E-state index in [4.69, 9.17) is 0 Å². The minimum Gasteiger partial charge on any atom is -0.305 e. The molecule has 0 radical (unpaired) electrons. The topological polar surface area (TPSA) is 12.9 Å². The van der Waals surface area contributed by atoms with Crippen LogP contribution in [-0.4, -0.2) is 4.98 Å². The minimum absolute atomic E-state index is 0. The Bertz CT molecular complexity index is 448. The fraction of sp³-hybridized carbons (Fsp3) is 0.